The van der Waals surface area contributed by atoms with Gasteiger partial charge in [0.05, 0.1) is 4.90 Å². The van der Waals surface area contributed by atoms with Gasteiger partial charge in [-0.3, -0.25) is 4.79 Å². The van der Waals surface area contributed by atoms with Crippen LogP contribution in [0, 0.1) is 6.92 Å². The van der Waals surface area contributed by atoms with Crippen LogP contribution in [0.2, 0.25) is 0 Å². The molecule has 0 atom stereocenters. The van der Waals surface area contributed by atoms with E-state index in [2.05, 4.69) is 15.9 Å². The Morgan fingerprint density at radius 2 is 2.00 bits per heavy atom. The van der Waals surface area contributed by atoms with Gasteiger partial charge in [-0.15, -0.1) is 0 Å². The molecular formula is C13H15BrClNO3S. The van der Waals surface area contributed by atoms with Crippen LogP contribution in [0.15, 0.2) is 21.5 Å². The number of hydrogen-bond donors (Lipinski definition) is 0. The Balaban J connectivity index is 2.42. The molecule has 0 saturated heterocycles. The van der Waals surface area contributed by atoms with Crippen LogP contribution < -0.4 is 0 Å². The quantitative estimate of drug-likeness (QED) is 0.756. The molecule has 110 valence electrons. The lowest BCUT2D eigenvalue weighted by molar-refractivity contribution is 0.0651. The first kappa shape index (κ1) is 15.8. The standard InChI is InChI=1S/C13H15BrClNO3S/c1-8-11(14)6-9(7-12(8)20(15,18)19)13(17)16(2)10-4-3-5-10/h6-7,10H,3-5H2,1-2H3. The lowest BCUT2D eigenvalue weighted by Crippen LogP contribution is -2.41. The maximum atomic E-state index is 12.4. The summed E-state index contributed by atoms with van der Waals surface area (Å²) in [6.07, 6.45) is 3.12. The Bertz CT molecular complexity index is 656. The predicted molar refractivity (Wildman–Crippen MR) is 81.7 cm³/mol. The van der Waals surface area contributed by atoms with E-state index < -0.39 is 9.05 Å². The fraction of sp³-hybridized carbons (Fsp3) is 0.462. The number of hydrogen-bond acceptors (Lipinski definition) is 3. The highest BCUT2D eigenvalue weighted by Gasteiger charge is 2.27. The summed E-state index contributed by atoms with van der Waals surface area (Å²) in [5, 5.41) is 0. The molecule has 0 unspecified atom stereocenters. The van der Waals surface area contributed by atoms with E-state index in [4.69, 9.17) is 10.7 Å². The first-order chi connectivity index (χ1) is 9.21. The first-order valence-corrected chi connectivity index (χ1v) is 9.34. The summed E-state index contributed by atoms with van der Waals surface area (Å²) in [6.45, 7) is 1.64. The second kappa shape index (κ2) is 5.66. The SMILES string of the molecule is Cc1c(Br)cc(C(=O)N(C)C2CCC2)cc1S(=O)(=O)Cl. The minimum Gasteiger partial charge on any atom is -0.339 e. The number of amides is 1. The molecule has 0 bridgehead atoms. The lowest BCUT2D eigenvalue weighted by Gasteiger charge is -2.34. The molecule has 0 aromatic heterocycles. The average Bonchev–Trinajstić information content (AvgIpc) is 2.27. The van der Waals surface area contributed by atoms with Gasteiger partial charge in [0.25, 0.3) is 15.0 Å². The molecule has 0 radical (unpaired) electrons. The summed E-state index contributed by atoms with van der Waals surface area (Å²) in [7, 11) is 3.29. The van der Waals surface area contributed by atoms with Gasteiger partial charge in [-0.1, -0.05) is 15.9 Å². The van der Waals surface area contributed by atoms with E-state index in [-0.39, 0.29) is 16.8 Å². The van der Waals surface area contributed by atoms with Gasteiger partial charge in [-0.25, -0.2) is 8.42 Å². The van der Waals surface area contributed by atoms with Crippen molar-refractivity contribution in [3.63, 3.8) is 0 Å². The predicted octanol–water partition coefficient (Wildman–Crippen LogP) is 3.31. The number of halogens is 2. The minimum absolute atomic E-state index is 0.0288. The normalized spacial score (nSPS) is 15.8. The Morgan fingerprint density at radius 3 is 2.45 bits per heavy atom. The van der Waals surface area contributed by atoms with Crippen molar-refractivity contribution in [2.45, 2.75) is 37.1 Å². The van der Waals surface area contributed by atoms with Crippen LogP contribution in [0.4, 0.5) is 0 Å². The van der Waals surface area contributed by atoms with E-state index in [0.29, 0.717) is 15.6 Å². The molecule has 0 aliphatic heterocycles. The largest absolute Gasteiger partial charge is 0.339 e. The van der Waals surface area contributed by atoms with Gasteiger partial charge in [-0.05, 0) is 43.9 Å². The third-order valence-electron chi connectivity index (χ3n) is 3.75. The van der Waals surface area contributed by atoms with Gasteiger partial charge in [0.15, 0.2) is 0 Å². The van der Waals surface area contributed by atoms with Gasteiger partial charge in [-0.2, -0.15) is 0 Å². The number of nitrogens with zero attached hydrogens (tertiary/aromatic N) is 1. The number of carbonyl (C=O) groups excluding carboxylic acids is 1. The smallest absolute Gasteiger partial charge is 0.261 e. The molecule has 1 aliphatic rings. The van der Waals surface area contributed by atoms with Crippen molar-refractivity contribution in [2.24, 2.45) is 0 Å². The van der Waals surface area contributed by atoms with E-state index in [1.165, 1.54) is 6.07 Å². The Kier molecular flexibility index (Phi) is 4.47. The Hall–Kier alpha value is -0.590. The fourth-order valence-corrected chi connectivity index (χ4v) is 3.99. The molecule has 1 fully saturated rings. The van der Waals surface area contributed by atoms with Crippen molar-refractivity contribution in [2.75, 3.05) is 7.05 Å². The molecule has 1 amide bonds. The van der Waals surface area contributed by atoms with Crippen molar-refractivity contribution in [3.05, 3.63) is 27.7 Å². The molecule has 20 heavy (non-hydrogen) atoms. The summed E-state index contributed by atoms with van der Waals surface area (Å²) in [5.41, 5.74) is 0.832. The fourth-order valence-electron chi connectivity index (χ4n) is 2.17. The van der Waals surface area contributed by atoms with Gasteiger partial charge in [0, 0.05) is 33.8 Å². The number of rotatable bonds is 3. The molecule has 1 aliphatic carbocycles. The summed E-state index contributed by atoms with van der Waals surface area (Å²) in [4.78, 5) is 14.0. The summed E-state index contributed by atoms with van der Waals surface area (Å²) < 4.78 is 23.7. The molecule has 1 aromatic rings. The van der Waals surface area contributed by atoms with E-state index >= 15 is 0 Å². The average molecular weight is 381 g/mol. The second-order valence-electron chi connectivity index (χ2n) is 5.02. The van der Waals surface area contributed by atoms with Gasteiger partial charge in [0.2, 0.25) is 0 Å². The topological polar surface area (TPSA) is 54.5 Å². The third-order valence-corrected chi connectivity index (χ3v) is 6.02. The molecule has 4 nitrogen and oxygen atoms in total. The Morgan fingerprint density at radius 1 is 1.40 bits per heavy atom. The number of carbonyl (C=O) groups is 1. The van der Waals surface area contributed by atoms with Crippen LogP contribution >= 0.6 is 26.6 Å². The van der Waals surface area contributed by atoms with Crippen LogP contribution in [0.5, 0.6) is 0 Å². The Labute approximate surface area is 131 Å². The summed E-state index contributed by atoms with van der Waals surface area (Å²) in [6, 6.07) is 3.23. The second-order valence-corrected chi connectivity index (χ2v) is 8.41. The third kappa shape index (κ3) is 3.02. The van der Waals surface area contributed by atoms with Crippen molar-refractivity contribution in [1.29, 1.82) is 0 Å². The van der Waals surface area contributed by atoms with Crippen molar-refractivity contribution < 1.29 is 13.2 Å². The highest BCUT2D eigenvalue weighted by molar-refractivity contribution is 9.10. The molecular weight excluding hydrogens is 366 g/mol. The number of benzene rings is 1. The lowest BCUT2D eigenvalue weighted by atomic mass is 9.91. The van der Waals surface area contributed by atoms with Crippen molar-refractivity contribution in [1.82, 2.24) is 4.90 Å². The van der Waals surface area contributed by atoms with E-state index in [1.54, 1.807) is 24.9 Å². The van der Waals surface area contributed by atoms with Crippen LogP contribution in [0.25, 0.3) is 0 Å². The molecule has 0 heterocycles. The molecule has 7 heteroatoms. The first-order valence-electron chi connectivity index (χ1n) is 6.24. The minimum atomic E-state index is -3.88. The molecule has 1 aromatic carbocycles. The van der Waals surface area contributed by atoms with Gasteiger partial charge >= 0.3 is 0 Å². The van der Waals surface area contributed by atoms with Crippen molar-refractivity contribution >= 4 is 41.6 Å². The highest BCUT2D eigenvalue weighted by atomic mass is 79.9. The van der Waals surface area contributed by atoms with Crippen LogP contribution in [-0.2, 0) is 9.05 Å². The van der Waals surface area contributed by atoms with Crippen molar-refractivity contribution in [3.8, 4) is 0 Å². The maximum absolute atomic E-state index is 12.4. The van der Waals surface area contributed by atoms with E-state index in [1.807, 2.05) is 0 Å². The zero-order valence-corrected chi connectivity index (χ0v) is 14.3. The van der Waals surface area contributed by atoms with E-state index in [9.17, 15) is 13.2 Å². The molecule has 0 spiro atoms. The highest BCUT2D eigenvalue weighted by Crippen LogP contribution is 2.30. The van der Waals surface area contributed by atoms with Crippen LogP contribution in [0.3, 0.4) is 0 Å². The van der Waals surface area contributed by atoms with Gasteiger partial charge < -0.3 is 4.90 Å². The summed E-state index contributed by atoms with van der Waals surface area (Å²) >= 11 is 3.28. The molecule has 0 N–H and O–H groups in total. The van der Waals surface area contributed by atoms with Gasteiger partial charge in [0.1, 0.15) is 0 Å². The maximum Gasteiger partial charge on any atom is 0.261 e. The monoisotopic (exact) mass is 379 g/mol. The van der Waals surface area contributed by atoms with Crippen LogP contribution in [0.1, 0.15) is 35.2 Å². The van der Waals surface area contributed by atoms with E-state index in [0.717, 1.165) is 19.3 Å². The molecule has 2 rings (SSSR count). The zero-order valence-electron chi connectivity index (χ0n) is 11.2. The zero-order chi connectivity index (χ0) is 15.1. The molecule has 1 saturated carbocycles. The summed E-state index contributed by atoms with van der Waals surface area (Å²) in [5.74, 6) is -0.183. The van der Waals surface area contributed by atoms with Crippen LogP contribution in [-0.4, -0.2) is 32.3 Å².